The van der Waals surface area contributed by atoms with Gasteiger partial charge in [-0.1, -0.05) is 6.07 Å². The Kier molecular flexibility index (Phi) is 6.81. The van der Waals surface area contributed by atoms with Crippen molar-refractivity contribution in [2.45, 2.75) is 52.0 Å². The fraction of sp³-hybridized carbons (Fsp3) is 0.500. The van der Waals surface area contributed by atoms with Crippen LogP contribution in [-0.4, -0.2) is 33.2 Å². The Labute approximate surface area is 185 Å². The van der Waals surface area contributed by atoms with Crippen molar-refractivity contribution in [1.29, 1.82) is 0 Å². The van der Waals surface area contributed by atoms with E-state index in [-0.39, 0.29) is 5.91 Å². The van der Waals surface area contributed by atoms with Crippen LogP contribution < -0.4 is 19.7 Å². The highest BCUT2D eigenvalue weighted by Crippen LogP contribution is 2.35. The van der Waals surface area contributed by atoms with Gasteiger partial charge in [0, 0.05) is 12.1 Å². The number of fused-ring (bicyclic) bond motifs is 1. The third kappa shape index (κ3) is 4.87. The molecule has 0 unspecified atom stereocenters. The van der Waals surface area contributed by atoms with E-state index >= 15 is 0 Å². The Morgan fingerprint density at radius 1 is 1.03 bits per heavy atom. The number of hydrogen-bond donors (Lipinski definition) is 1. The summed E-state index contributed by atoms with van der Waals surface area (Å²) in [5.74, 6) is 2.14. The van der Waals surface area contributed by atoms with Gasteiger partial charge in [0.25, 0.3) is 0 Å². The van der Waals surface area contributed by atoms with Gasteiger partial charge < -0.3 is 19.7 Å². The van der Waals surface area contributed by atoms with Crippen LogP contribution in [0.3, 0.4) is 0 Å². The Hall–Kier alpha value is -2.53. The summed E-state index contributed by atoms with van der Waals surface area (Å²) in [7, 11) is 3.35. The van der Waals surface area contributed by atoms with E-state index < -0.39 is 0 Å². The third-order valence-corrected chi connectivity index (χ3v) is 6.69. The molecule has 0 aromatic heterocycles. The van der Waals surface area contributed by atoms with Crippen LogP contribution >= 0.6 is 0 Å². The molecule has 1 heterocycles. The first-order valence-corrected chi connectivity index (χ1v) is 11.4. The maximum Gasteiger partial charge on any atom is 0.227 e. The lowest BCUT2D eigenvalue weighted by Gasteiger charge is -2.29. The summed E-state index contributed by atoms with van der Waals surface area (Å²) in [6, 6.07) is 10.5. The standard InChI is InChI=1S/C26H34N2O3/c1-18-13-24(30-2)23(25(14-18)31-3)17-28(26(29)15-19-9-11-27-12-10-19)22-8-7-20-5-4-6-21(20)16-22/h7-8,13-14,16,19,27H,4-6,9-12,15,17H2,1-3H3. The summed E-state index contributed by atoms with van der Waals surface area (Å²) in [6.45, 7) is 4.46. The summed E-state index contributed by atoms with van der Waals surface area (Å²) in [6.07, 6.45) is 6.12. The number of amides is 1. The predicted molar refractivity (Wildman–Crippen MR) is 124 cm³/mol. The average Bonchev–Trinajstić information content (AvgIpc) is 3.26. The average molecular weight is 423 g/mol. The zero-order valence-corrected chi connectivity index (χ0v) is 19.0. The number of carbonyl (C=O) groups is 1. The van der Waals surface area contributed by atoms with Gasteiger partial charge in [0.15, 0.2) is 0 Å². The van der Waals surface area contributed by atoms with E-state index in [0.29, 0.717) is 18.9 Å². The smallest absolute Gasteiger partial charge is 0.227 e. The van der Waals surface area contributed by atoms with E-state index in [1.807, 2.05) is 24.0 Å². The Bertz CT molecular complexity index is 909. The first-order chi connectivity index (χ1) is 15.1. The van der Waals surface area contributed by atoms with Crippen LogP contribution in [-0.2, 0) is 24.2 Å². The van der Waals surface area contributed by atoms with E-state index in [1.165, 1.54) is 17.5 Å². The van der Waals surface area contributed by atoms with E-state index in [9.17, 15) is 4.79 Å². The first kappa shape index (κ1) is 21.7. The van der Waals surface area contributed by atoms with Gasteiger partial charge in [-0.05, 0) is 99.0 Å². The van der Waals surface area contributed by atoms with Gasteiger partial charge in [-0.2, -0.15) is 0 Å². The molecule has 2 aliphatic rings. The first-order valence-electron chi connectivity index (χ1n) is 11.4. The van der Waals surface area contributed by atoms with Gasteiger partial charge in [0.1, 0.15) is 11.5 Å². The summed E-state index contributed by atoms with van der Waals surface area (Å²) < 4.78 is 11.4. The van der Waals surface area contributed by atoms with E-state index in [4.69, 9.17) is 9.47 Å². The number of hydrogen-bond acceptors (Lipinski definition) is 4. The summed E-state index contributed by atoms with van der Waals surface area (Å²) in [4.78, 5) is 15.5. The molecule has 1 aliphatic carbocycles. The van der Waals surface area contributed by atoms with Crippen LogP contribution in [0, 0.1) is 12.8 Å². The van der Waals surface area contributed by atoms with E-state index in [2.05, 4.69) is 23.5 Å². The van der Waals surface area contributed by atoms with Crippen LogP contribution in [0.4, 0.5) is 5.69 Å². The molecule has 1 saturated heterocycles. The largest absolute Gasteiger partial charge is 0.496 e. The Morgan fingerprint density at radius 3 is 2.39 bits per heavy atom. The fourth-order valence-corrected chi connectivity index (χ4v) is 4.92. The minimum atomic E-state index is 0.175. The van der Waals surface area contributed by atoms with Crippen LogP contribution in [0.25, 0.3) is 0 Å². The molecule has 0 spiro atoms. The lowest BCUT2D eigenvalue weighted by atomic mass is 9.93. The van der Waals surface area contributed by atoms with Gasteiger partial charge in [-0.3, -0.25) is 4.79 Å². The van der Waals surface area contributed by atoms with Gasteiger partial charge in [-0.15, -0.1) is 0 Å². The highest BCUT2D eigenvalue weighted by Gasteiger charge is 2.26. The zero-order chi connectivity index (χ0) is 21.8. The number of ether oxygens (including phenoxy) is 2. The molecule has 1 fully saturated rings. The van der Waals surface area contributed by atoms with Crippen molar-refractivity contribution in [2.75, 3.05) is 32.2 Å². The molecule has 1 N–H and O–H groups in total. The molecule has 1 amide bonds. The SMILES string of the molecule is COc1cc(C)cc(OC)c1CN(C(=O)CC1CCNCC1)c1ccc2c(c1)CCC2. The zero-order valence-electron chi connectivity index (χ0n) is 19.0. The maximum atomic E-state index is 13.6. The molecule has 0 saturated carbocycles. The molecular formula is C26H34N2O3. The second-order valence-electron chi connectivity index (χ2n) is 8.83. The molecule has 2 aromatic carbocycles. The fourth-order valence-electron chi connectivity index (χ4n) is 4.92. The van der Waals surface area contributed by atoms with Gasteiger partial charge in [0.2, 0.25) is 5.91 Å². The quantitative estimate of drug-likeness (QED) is 0.717. The van der Waals surface area contributed by atoms with Crippen molar-refractivity contribution in [3.05, 3.63) is 52.6 Å². The summed E-state index contributed by atoms with van der Waals surface area (Å²) in [5, 5.41) is 3.39. The molecule has 0 radical (unpaired) electrons. The molecule has 2 aromatic rings. The van der Waals surface area contributed by atoms with Gasteiger partial charge >= 0.3 is 0 Å². The predicted octanol–water partition coefficient (Wildman–Crippen LogP) is 4.42. The van der Waals surface area contributed by atoms with Gasteiger partial charge in [-0.25, -0.2) is 0 Å². The number of piperidine rings is 1. The van der Waals surface area contributed by atoms with Gasteiger partial charge in [0.05, 0.1) is 26.3 Å². The number of methoxy groups -OCH3 is 2. The van der Waals surface area contributed by atoms with Crippen LogP contribution in [0.1, 0.15) is 47.9 Å². The maximum absolute atomic E-state index is 13.6. The second-order valence-corrected chi connectivity index (χ2v) is 8.83. The van der Waals surface area contributed by atoms with Crippen molar-refractivity contribution < 1.29 is 14.3 Å². The Morgan fingerprint density at radius 2 is 1.71 bits per heavy atom. The summed E-state index contributed by atoms with van der Waals surface area (Å²) in [5.41, 5.74) is 5.75. The van der Waals surface area contributed by atoms with E-state index in [1.54, 1.807) is 14.2 Å². The topological polar surface area (TPSA) is 50.8 Å². The van der Waals surface area contributed by atoms with Crippen molar-refractivity contribution in [2.24, 2.45) is 5.92 Å². The van der Waals surface area contributed by atoms with E-state index in [0.717, 1.165) is 67.1 Å². The molecule has 5 heteroatoms. The molecule has 166 valence electrons. The molecule has 0 atom stereocenters. The molecule has 4 rings (SSSR count). The molecule has 1 aliphatic heterocycles. The number of carbonyl (C=O) groups excluding carboxylic acids is 1. The minimum Gasteiger partial charge on any atom is -0.496 e. The highest BCUT2D eigenvalue weighted by molar-refractivity contribution is 5.93. The van der Waals surface area contributed by atoms with Crippen molar-refractivity contribution in [3.63, 3.8) is 0 Å². The van der Waals surface area contributed by atoms with Crippen molar-refractivity contribution >= 4 is 11.6 Å². The lowest BCUT2D eigenvalue weighted by molar-refractivity contribution is -0.119. The highest BCUT2D eigenvalue weighted by atomic mass is 16.5. The number of nitrogens with one attached hydrogen (secondary N) is 1. The Balaban J connectivity index is 1.68. The molecule has 31 heavy (non-hydrogen) atoms. The number of nitrogens with zero attached hydrogens (tertiary/aromatic N) is 1. The number of rotatable bonds is 7. The monoisotopic (exact) mass is 422 g/mol. The third-order valence-electron chi connectivity index (χ3n) is 6.69. The normalized spacial score (nSPS) is 16.1. The van der Waals surface area contributed by atoms with Crippen molar-refractivity contribution in [3.8, 4) is 11.5 Å². The van der Waals surface area contributed by atoms with Crippen LogP contribution in [0.5, 0.6) is 11.5 Å². The van der Waals surface area contributed by atoms with Crippen molar-refractivity contribution in [1.82, 2.24) is 5.32 Å². The molecule has 5 nitrogen and oxygen atoms in total. The van der Waals surface area contributed by atoms with Crippen LogP contribution in [0.2, 0.25) is 0 Å². The molecule has 0 bridgehead atoms. The number of aryl methyl sites for hydroxylation is 3. The number of anilines is 1. The number of benzene rings is 2. The molecular weight excluding hydrogens is 388 g/mol. The lowest BCUT2D eigenvalue weighted by Crippen LogP contribution is -2.35. The second kappa shape index (κ2) is 9.73. The van der Waals surface area contributed by atoms with Crippen LogP contribution in [0.15, 0.2) is 30.3 Å². The minimum absolute atomic E-state index is 0.175. The summed E-state index contributed by atoms with van der Waals surface area (Å²) >= 11 is 0.